The molecule has 0 atom stereocenters. The lowest BCUT2D eigenvalue weighted by atomic mass is 10.2. The lowest BCUT2D eigenvalue weighted by Gasteiger charge is -2.19. The topological polar surface area (TPSA) is 114 Å². The van der Waals surface area contributed by atoms with Gasteiger partial charge in [0.1, 0.15) is 11.4 Å². The van der Waals surface area contributed by atoms with Crippen LogP contribution in [0.4, 0.5) is 17.1 Å². The van der Waals surface area contributed by atoms with Crippen molar-refractivity contribution in [1.29, 1.82) is 0 Å². The number of nitrogens with two attached hydrogens (primary N) is 1. The number of benzene rings is 1. The molecular formula is C10H15N5O3. The van der Waals surface area contributed by atoms with Gasteiger partial charge >= 0.3 is 5.69 Å². The molecule has 0 radical (unpaired) electrons. The summed E-state index contributed by atoms with van der Waals surface area (Å²) in [5.74, 6) is 4.99. The number of likely N-dealkylation sites (N-methyl/N-ethyl adjacent to an activating group) is 2. The number of hydrogen-bond donors (Lipinski definition) is 3. The molecule has 0 aliphatic carbocycles. The Morgan fingerprint density at radius 3 is 2.72 bits per heavy atom. The molecule has 0 aromatic heterocycles. The standard InChI is InChI=1S/C10H15N5O3/c1-12-9(16)6-14(2)8-5-3-4-7(13-11)10(8)15(17)18/h3-5,13H,6,11H2,1-2H3,(H,12,16). The molecule has 4 N–H and O–H groups in total. The normalized spacial score (nSPS) is 9.72. The van der Waals surface area contributed by atoms with Gasteiger partial charge in [-0.2, -0.15) is 0 Å². The zero-order chi connectivity index (χ0) is 13.7. The van der Waals surface area contributed by atoms with Crippen molar-refractivity contribution in [2.24, 2.45) is 5.84 Å². The molecule has 0 aliphatic rings. The number of carbonyl (C=O) groups excluding carboxylic acids is 1. The van der Waals surface area contributed by atoms with Crippen LogP contribution < -0.4 is 21.5 Å². The molecule has 8 heteroatoms. The molecule has 0 saturated heterocycles. The van der Waals surface area contributed by atoms with E-state index in [0.717, 1.165) is 0 Å². The third-order valence-corrected chi connectivity index (χ3v) is 2.42. The number of hydrazine groups is 1. The molecule has 8 nitrogen and oxygen atoms in total. The van der Waals surface area contributed by atoms with Crippen LogP contribution in [0.25, 0.3) is 0 Å². The van der Waals surface area contributed by atoms with Gasteiger partial charge in [-0.3, -0.25) is 20.8 Å². The average Bonchev–Trinajstić information content (AvgIpc) is 2.37. The molecule has 98 valence electrons. The SMILES string of the molecule is CNC(=O)CN(C)c1cccc(NN)c1[N+](=O)[O-]. The second-order valence-corrected chi connectivity index (χ2v) is 3.60. The minimum Gasteiger partial charge on any atom is -0.360 e. The van der Waals surface area contributed by atoms with E-state index in [4.69, 9.17) is 5.84 Å². The molecule has 0 heterocycles. The van der Waals surface area contributed by atoms with E-state index >= 15 is 0 Å². The first kappa shape index (κ1) is 13.7. The Balaban J connectivity index is 3.15. The van der Waals surface area contributed by atoms with E-state index in [-0.39, 0.29) is 23.8 Å². The van der Waals surface area contributed by atoms with Crippen molar-refractivity contribution in [2.75, 3.05) is 31.0 Å². The maximum atomic E-state index is 11.3. The monoisotopic (exact) mass is 253 g/mol. The van der Waals surface area contributed by atoms with Crippen molar-refractivity contribution in [3.8, 4) is 0 Å². The number of anilines is 2. The minimum absolute atomic E-state index is 0.0192. The van der Waals surface area contributed by atoms with Gasteiger partial charge in [0.05, 0.1) is 11.5 Å². The van der Waals surface area contributed by atoms with Crippen molar-refractivity contribution in [3.63, 3.8) is 0 Å². The average molecular weight is 253 g/mol. The van der Waals surface area contributed by atoms with Gasteiger partial charge in [-0.15, -0.1) is 0 Å². The number of nitro groups is 1. The van der Waals surface area contributed by atoms with Crippen LogP contribution in [0.1, 0.15) is 0 Å². The largest absolute Gasteiger partial charge is 0.360 e. The molecule has 1 aromatic rings. The first-order valence-corrected chi connectivity index (χ1v) is 5.17. The number of rotatable bonds is 5. The molecule has 1 amide bonds. The smallest absolute Gasteiger partial charge is 0.316 e. The van der Waals surface area contributed by atoms with Gasteiger partial charge in [-0.1, -0.05) is 6.07 Å². The number of nitrogens with zero attached hydrogens (tertiary/aromatic N) is 2. The summed E-state index contributed by atoms with van der Waals surface area (Å²) in [6, 6.07) is 4.68. The molecule has 0 spiro atoms. The van der Waals surface area contributed by atoms with Gasteiger partial charge < -0.3 is 15.6 Å². The minimum atomic E-state index is -0.537. The second kappa shape index (κ2) is 5.82. The molecule has 18 heavy (non-hydrogen) atoms. The third-order valence-electron chi connectivity index (χ3n) is 2.42. The van der Waals surface area contributed by atoms with E-state index in [9.17, 15) is 14.9 Å². The summed E-state index contributed by atoms with van der Waals surface area (Å²) in [5.41, 5.74) is 2.62. The van der Waals surface area contributed by atoms with E-state index in [2.05, 4.69) is 10.7 Å². The third kappa shape index (κ3) is 2.86. The van der Waals surface area contributed by atoms with Crippen LogP contribution in [0.2, 0.25) is 0 Å². The number of amides is 1. The summed E-state index contributed by atoms with van der Waals surface area (Å²) in [7, 11) is 3.10. The molecule has 0 unspecified atom stereocenters. The lowest BCUT2D eigenvalue weighted by molar-refractivity contribution is -0.383. The van der Waals surface area contributed by atoms with Crippen LogP contribution in [0, 0.1) is 10.1 Å². The van der Waals surface area contributed by atoms with Crippen molar-refractivity contribution in [1.82, 2.24) is 5.32 Å². The number of nitrogens with one attached hydrogen (secondary N) is 2. The Labute approximate surface area is 104 Å². The predicted octanol–water partition coefficient (Wildman–Crippen LogP) is 0.0626. The van der Waals surface area contributed by atoms with E-state index in [1.54, 1.807) is 19.2 Å². The van der Waals surface area contributed by atoms with Crippen molar-refractivity contribution in [3.05, 3.63) is 28.3 Å². The number of nitrogen functional groups attached to an aromatic ring is 1. The second-order valence-electron chi connectivity index (χ2n) is 3.60. The molecule has 1 rings (SSSR count). The molecule has 0 bridgehead atoms. The summed E-state index contributed by atoms with van der Waals surface area (Å²) in [6.45, 7) is 0.0192. The molecule has 0 fully saturated rings. The van der Waals surface area contributed by atoms with Crippen LogP contribution >= 0.6 is 0 Å². The summed E-state index contributed by atoms with van der Waals surface area (Å²) >= 11 is 0. The van der Waals surface area contributed by atoms with Gasteiger partial charge in [0.2, 0.25) is 5.91 Å². The Hall–Kier alpha value is -2.35. The van der Waals surface area contributed by atoms with Gasteiger partial charge in [0.25, 0.3) is 0 Å². The predicted molar refractivity (Wildman–Crippen MR) is 68.2 cm³/mol. The Kier molecular flexibility index (Phi) is 4.44. The number of hydrogen-bond acceptors (Lipinski definition) is 6. The Morgan fingerprint density at radius 1 is 1.56 bits per heavy atom. The molecule has 0 saturated carbocycles. The maximum absolute atomic E-state index is 11.3. The fraction of sp³-hybridized carbons (Fsp3) is 0.300. The quantitative estimate of drug-likeness (QED) is 0.388. The van der Waals surface area contributed by atoms with Crippen LogP contribution in [-0.2, 0) is 4.79 Å². The van der Waals surface area contributed by atoms with E-state index in [1.165, 1.54) is 18.0 Å². The number of para-hydroxylation sites is 1. The first-order chi connectivity index (χ1) is 8.51. The highest BCUT2D eigenvalue weighted by Crippen LogP contribution is 2.34. The van der Waals surface area contributed by atoms with Gasteiger partial charge in [0.15, 0.2) is 0 Å². The molecular weight excluding hydrogens is 238 g/mol. The number of carbonyl (C=O) groups is 1. The zero-order valence-corrected chi connectivity index (χ0v) is 10.1. The van der Waals surface area contributed by atoms with Crippen molar-refractivity contribution >= 4 is 23.0 Å². The van der Waals surface area contributed by atoms with Gasteiger partial charge in [0, 0.05) is 14.1 Å². The lowest BCUT2D eigenvalue weighted by Crippen LogP contribution is -2.33. The summed E-state index contributed by atoms with van der Waals surface area (Å²) in [4.78, 5) is 23.3. The van der Waals surface area contributed by atoms with E-state index in [1.807, 2.05) is 0 Å². The van der Waals surface area contributed by atoms with Gasteiger partial charge in [-0.05, 0) is 12.1 Å². The zero-order valence-electron chi connectivity index (χ0n) is 10.1. The van der Waals surface area contributed by atoms with Crippen LogP contribution in [0.5, 0.6) is 0 Å². The van der Waals surface area contributed by atoms with Crippen LogP contribution in [0.3, 0.4) is 0 Å². The summed E-state index contributed by atoms with van der Waals surface area (Å²) in [6.07, 6.45) is 0. The first-order valence-electron chi connectivity index (χ1n) is 5.17. The fourth-order valence-electron chi connectivity index (χ4n) is 1.53. The maximum Gasteiger partial charge on any atom is 0.316 e. The van der Waals surface area contributed by atoms with E-state index in [0.29, 0.717) is 5.69 Å². The number of nitro benzene ring substituents is 1. The molecule has 1 aromatic carbocycles. The molecule has 0 aliphatic heterocycles. The highest BCUT2D eigenvalue weighted by Gasteiger charge is 2.22. The van der Waals surface area contributed by atoms with Crippen LogP contribution in [-0.4, -0.2) is 31.5 Å². The van der Waals surface area contributed by atoms with Gasteiger partial charge in [-0.25, -0.2) is 0 Å². The summed E-state index contributed by atoms with van der Waals surface area (Å²) in [5, 5.41) is 13.5. The Bertz CT molecular complexity index is 463. The highest BCUT2D eigenvalue weighted by atomic mass is 16.6. The van der Waals surface area contributed by atoms with Crippen LogP contribution in [0.15, 0.2) is 18.2 Å². The highest BCUT2D eigenvalue weighted by molar-refractivity contribution is 5.84. The fourth-order valence-corrected chi connectivity index (χ4v) is 1.53. The summed E-state index contributed by atoms with van der Waals surface area (Å²) < 4.78 is 0. The van der Waals surface area contributed by atoms with Crippen molar-refractivity contribution in [2.45, 2.75) is 0 Å². The van der Waals surface area contributed by atoms with E-state index < -0.39 is 4.92 Å². The van der Waals surface area contributed by atoms with Crippen molar-refractivity contribution < 1.29 is 9.72 Å². The Morgan fingerprint density at radius 2 is 2.22 bits per heavy atom.